The van der Waals surface area contributed by atoms with Crippen molar-refractivity contribution in [3.63, 3.8) is 0 Å². The Hall–Kier alpha value is -2.53. The molecule has 4 nitrogen and oxygen atoms in total. The first-order valence-corrected chi connectivity index (χ1v) is 8.13. The van der Waals surface area contributed by atoms with Gasteiger partial charge in [-0.1, -0.05) is 42.5 Å². The zero-order chi connectivity index (χ0) is 15.6. The highest BCUT2D eigenvalue weighted by molar-refractivity contribution is 7.94. The lowest BCUT2D eigenvalue weighted by atomic mass is 10.1. The molecule has 0 aliphatic rings. The molecule has 0 radical (unpaired) electrons. The molecule has 22 heavy (non-hydrogen) atoms. The second-order valence-electron chi connectivity index (χ2n) is 4.77. The van der Waals surface area contributed by atoms with Gasteiger partial charge in [-0.05, 0) is 35.0 Å². The molecule has 0 aliphatic heterocycles. The van der Waals surface area contributed by atoms with Gasteiger partial charge in [0.15, 0.2) is 0 Å². The van der Waals surface area contributed by atoms with Gasteiger partial charge in [-0.3, -0.25) is 0 Å². The van der Waals surface area contributed by atoms with Gasteiger partial charge in [0, 0.05) is 0 Å². The highest BCUT2D eigenvalue weighted by atomic mass is 32.2. The summed E-state index contributed by atoms with van der Waals surface area (Å²) in [5, 5.41) is 2.00. The van der Waals surface area contributed by atoms with E-state index in [1.807, 2.05) is 30.3 Å². The van der Waals surface area contributed by atoms with E-state index in [2.05, 4.69) is 4.72 Å². The van der Waals surface area contributed by atoms with E-state index in [1.165, 1.54) is 19.2 Å². The maximum Gasteiger partial charge on any atom is 0.123 e. The third-order valence-electron chi connectivity index (χ3n) is 3.32. The van der Waals surface area contributed by atoms with Crippen molar-refractivity contribution in [2.45, 2.75) is 4.90 Å². The lowest BCUT2D eigenvalue weighted by Crippen LogP contribution is -1.97. The fourth-order valence-corrected chi connectivity index (χ4v) is 3.15. The molecule has 0 aromatic heterocycles. The van der Waals surface area contributed by atoms with Crippen LogP contribution in [0, 0.1) is 0 Å². The average Bonchev–Trinajstić information content (AvgIpc) is 2.54. The van der Waals surface area contributed by atoms with Gasteiger partial charge in [-0.15, -0.1) is 5.69 Å². The number of hydrogen-bond acceptors (Lipinski definition) is 3. The lowest BCUT2D eigenvalue weighted by Gasteiger charge is -2.22. The monoisotopic (exact) mass is 312 g/mol. The Morgan fingerprint density at radius 2 is 1.55 bits per heavy atom. The molecule has 0 saturated heterocycles. The third-order valence-corrected chi connectivity index (χ3v) is 4.63. The summed E-state index contributed by atoms with van der Waals surface area (Å²) in [5.74, 6) is 0.602. The summed E-state index contributed by atoms with van der Waals surface area (Å²) in [7, 11) is -2.21. The van der Waals surface area contributed by atoms with Crippen LogP contribution < -0.4 is 4.74 Å². The first kappa shape index (κ1) is 14.4. The highest BCUT2D eigenvalue weighted by Crippen LogP contribution is 2.30. The number of nitrogens with zero attached hydrogens (tertiary/aromatic N) is 1. The van der Waals surface area contributed by atoms with Crippen LogP contribution in [0.5, 0.6) is 5.75 Å². The van der Waals surface area contributed by atoms with Gasteiger partial charge in [0.25, 0.3) is 0 Å². The largest absolute Gasteiger partial charge is 0.573 e. The minimum Gasteiger partial charge on any atom is -0.573 e. The summed E-state index contributed by atoms with van der Waals surface area (Å²) >= 11 is 0. The van der Waals surface area contributed by atoms with Crippen LogP contribution in [0.3, 0.4) is 0 Å². The van der Waals surface area contributed by atoms with Crippen molar-refractivity contribution in [2.24, 2.45) is 0 Å². The van der Waals surface area contributed by atoms with E-state index in [1.54, 1.807) is 24.3 Å². The topological polar surface area (TPSA) is 57.5 Å². The van der Waals surface area contributed by atoms with E-state index >= 15 is 0 Å². The summed E-state index contributed by atoms with van der Waals surface area (Å²) in [6, 6.07) is 19.2. The molecule has 3 aromatic rings. The van der Waals surface area contributed by atoms with Crippen molar-refractivity contribution in [3.8, 4) is 5.75 Å². The molecule has 0 bridgehead atoms. The quantitative estimate of drug-likeness (QED) is 0.724. The lowest BCUT2D eigenvalue weighted by molar-refractivity contribution is 0.414. The van der Waals surface area contributed by atoms with E-state index in [4.69, 9.17) is 4.74 Å². The van der Waals surface area contributed by atoms with E-state index in [9.17, 15) is 8.42 Å². The molecule has 3 aromatic carbocycles. The van der Waals surface area contributed by atoms with Crippen molar-refractivity contribution in [1.82, 2.24) is 0 Å². The highest BCUT2D eigenvalue weighted by Gasteiger charge is 2.05. The Balaban J connectivity index is 1.91. The molecule has 0 unspecified atom stereocenters. The Kier molecular flexibility index (Phi) is 3.73. The van der Waals surface area contributed by atoms with E-state index in [0.29, 0.717) is 11.4 Å². The van der Waals surface area contributed by atoms with Crippen LogP contribution in [0.1, 0.15) is 0 Å². The van der Waals surface area contributed by atoms with Crippen molar-refractivity contribution in [2.75, 3.05) is 7.11 Å². The fraction of sp³-hybridized carbons (Fsp3) is 0.0588. The number of ether oxygens (including phenoxy) is 1. The van der Waals surface area contributed by atoms with E-state index < -0.39 is 10.0 Å². The average molecular weight is 312 g/mol. The van der Waals surface area contributed by atoms with Crippen molar-refractivity contribution in [3.05, 3.63) is 71.5 Å². The molecular formula is C17H14NO3S-. The number of rotatable bonds is 4. The van der Waals surface area contributed by atoms with Crippen LogP contribution in [0.15, 0.2) is 71.6 Å². The van der Waals surface area contributed by atoms with Crippen LogP contribution >= 0.6 is 0 Å². The van der Waals surface area contributed by atoms with Gasteiger partial charge in [0.2, 0.25) is 0 Å². The summed E-state index contributed by atoms with van der Waals surface area (Å²) in [5.41, 5.74) is 0.412. The van der Waals surface area contributed by atoms with Crippen molar-refractivity contribution >= 4 is 26.5 Å². The Bertz CT molecular complexity index is 903. The van der Waals surface area contributed by atoms with Crippen LogP contribution in [0.25, 0.3) is 15.5 Å². The summed E-state index contributed by atoms with van der Waals surface area (Å²) < 4.78 is 33.6. The molecular weight excluding hydrogens is 298 g/mol. The maximum atomic E-state index is 12.3. The molecule has 0 heterocycles. The molecule has 0 spiro atoms. The molecule has 112 valence electrons. The van der Waals surface area contributed by atoms with Crippen molar-refractivity contribution < 1.29 is 13.2 Å². The van der Waals surface area contributed by atoms with E-state index in [0.717, 1.165) is 10.8 Å². The zero-order valence-corrected chi connectivity index (χ0v) is 12.7. The van der Waals surface area contributed by atoms with Gasteiger partial charge >= 0.3 is 0 Å². The molecule has 3 rings (SSSR count). The summed E-state index contributed by atoms with van der Waals surface area (Å²) in [6.45, 7) is 0. The molecule has 0 fully saturated rings. The smallest absolute Gasteiger partial charge is 0.123 e. The van der Waals surface area contributed by atoms with Gasteiger partial charge in [-0.25, -0.2) is 8.42 Å². The van der Waals surface area contributed by atoms with Crippen LogP contribution in [0.4, 0.5) is 5.69 Å². The second kappa shape index (κ2) is 5.69. The zero-order valence-electron chi connectivity index (χ0n) is 11.9. The SMILES string of the molecule is COc1ccc(S(=O)(=O)[N-]c2ccc3ccccc3c2)cc1. The number of benzene rings is 3. The Morgan fingerprint density at radius 3 is 2.23 bits per heavy atom. The predicted octanol–water partition coefficient (Wildman–Crippen LogP) is 4.24. The summed E-state index contributed by atoms with van der Waals surface area (Å²) in [6.07, 6.45) is 0. The number of methoxy groups -OCH3 is 1. The predicted molar refractivity (Wildman–Crippen MR) is 87.1 cm³/mol. The van der Waals surface area contributed by atoms with Crippen LogP contribution in [-0.2, 0) is 10.0 Å². The Morgan fingerprint density at radius 1 is 0.864 bits per heavy atom. The first-order valence-electron chi connectivity index (χ1n) is 6.69. The molecule has 0 amide bonds. The fourth-order valence-electron chi connectivity index (χ4n) is 2.17. The van der Waals surface area contributed by atoms with Gasteiger partial charge in [0.05, 0.1) is 12.0 Å². The number of hydrogen-bond donors (Lipinski definition) is 0. The van der Waals surface area contributed by atoms with Gasteiger partial charge < -0.3 is 9.46 Å². The molecule has 5 heteroatoms. The van der Waals surface area contributed by atoms with Crippen molar-refractivity contribution in [1.29, 1.82) is 0 Å². The normalized spacial score (nSPS) is 11.3. The minimum atomic E-state index is -3.74. The third kappa shape index (κ3) is 2.89. The van der Waals surface area contributed by atoms with E-state index in [-0.39, 0.29) is 4.90 Å². The molecule has 0 N–H and O–H groups in total. The molecule has 0 atom stereocenters. The van der Waals surface area contributed by atoms with Crippen LogP contribution in [0.2, 0.25) is 0 Å². The Labute approximate surface area is 129 Å². The van der Waals surface area contributed by atoms with Crippen LogP contribution in [-0.4, -0.2) is 15.5 Å². The summed E-state index contributed by atoms with van der Waals surface area (Å²) in [4.78, 5) is 0.140. The molecule has 0 saturated carbocycles. The van der Waals surface area contributed by atoms with Gasteiger partial charge in [0.1, 0.15) is 15.8 Å². The molecule has 0 aliphatic carbocycles. The number of sulfonamides is 1. The minimum absolute atomic E-state index is 0.140. The standard InChI is InChI=1S/C17H14NO3S/c1-21-16-8-10-17(11-9-16)22(19,20)18-15-7-6-13-4-2-3-5-14(13)12-15/h2-12H,1H3/q-1. The number of fused-ring (bicyclic) bond motifs is 1. The van der Waals surface area contributed by atoms with Gasteiger partial charge in [-0.2, -0.15) is 0 Å². The first-order chi connectivity index (χ1) is 10.6. The maximum absolute atomic E-state index is 12.3. The second-order valence-corrected chi connectivity index (χ2v) is 6.38.